The van der Waals surface area contributed by atoms with Gasteiger partial charge < -0.3 is 10.0 Å². The van der Waals surface area contributed by atoms with E-state index in [1.54, 1.807) is 6.08 Å². The van der Waals surface area contributed by atoms with E-state index < -0.39 is 5.97 Å². The monoisotopic (exact) mass is 167 g/mol. The first-order chi connectivity index (χ1) is 5.61. The van der Waals surface area contributed by atoms with Crippen LogP contribution in [0.25, 0.3) is 0 Å². The highest BCUT2D eigenvalue weighted by atomic mass is 16.4. The Morgan fingerprint density at radius 2 is 2.42 bits per heavy atom. The van der Waals surface area contributed by atoms with E-state index in [-0.39, 0.29) is 23.6 Å². The number of hydrogen-bond donors (Lipinski definition) is 1. The highest BCUT2D eigenvalue weighted by molar-refractivity contribution is 5.97. The van der Waals surface area contributed by atoms with Gasteiger partial charge in [-0.15, -0.1) is 0 Å². The van der Waals surface area contributed by atoms with E-state index in [4.69, 9.17) is 5.11 Å². The molecular formula is C8H9NO3. The van der Waals surface area contributed by atoms with Crippen molar-refractivity contribution in [2.75, 3.05) is 0 Å². The Bertz CT molecular complexity index is 295. The van der Waals surface area contributed by atoms with E-state index >= 15 is 0 Å². The predicted octanol–water partition coefficient (Wildman–Crippen LogP) is 0.205. The molecule has 2 aliphatic heterocycles. The first kappa shape index (κ1) is 7.34. The van der Waals surface area contributed by atoms with Crippen LogP contribution in [0.1, 0.15) is 13.3 Å². The fourth-order valence-electron chi connectivity index (χ4n) is 1.79. The van der Waals surface area contributed by atoms with Gasteiger partial charge in [0.1, 0.15) is 5.70 Å². The van der Waals surface area contributed by atoms with Crippen LogP contribution in [0, 0.1) is 5.92 Å². The second-order valence-electron chi connectivity index (χ2n) is 3.25. The van der Waals surface area contributed by atoms with Gasteiger partial charge >= 0.3 is 5.97 Å². The number of fused-ring (bicyclic) bond motifs is 1. The topological polar surface area (TPSA) is 57.6 Å². The zero-order valence-electron chi connectivity index (χ0n) is 6.65. The van der Waals surface area contributed by atoms with Gasteiger partial charge in [0.2, 0.25) is 5.91 Å². The van der Waals surface area contributed by atoms with Crippen molar-refractivity contribution >= 4 is 11.9 Å². The lowest BCUT2D eigenvalue weighted by Crippen LogP contribution is -2.51. The van der Waals surface area contributed by atoms with Gasteiger partial charge in [0.05, 0.1) is 6.04 Å². The normalized spacial score (nSPS) is 32.6. The molecule has 2 rings (SSSR count). The summed E-state index contributed by atoms with van der Waals surface area (Å²) >= 11 is 0. The molecule has 12 heavy (non-hydrogen) atoms. The van der Waals surface area contributed by atoms with E-state index in [9.17, 15) is 9.59 Å². The van der Waals surface area contributed by atoms with Crippen LogP contribution >= 0.6 is 0 Å². The van der Waals surface area contributed by atoms with Crippen molar-refractivity contribution in [2.24, 2.45) is 5.92 Å². The minimum absolute atomic E-state index is 0.0713. The number of carboxylic acid groups (broad SMARTS) is 1. The van der Waals surface area contributed by atoms with Crippen LogP contribution in [0.4, 0.5) is 0 Å². The molecule has 4 nitrogen and oxygen atoms in total. The number of carbonyl (C=O) groups excluding carboxylic acids is 1. The third-order valence-corrected chi connectivity index (χ3v) is 2.49. The summed E-state index contributed by atoms with van der Waals surface area (Å²) in [6.45, 7) is 1.93. The second kappa shape index (κ2) is 2.09. The largest absolute Gasteiger partial charge is 0.477 e. The molecule has 2 atom stereocenters. The lowest BCUT2D eigenvalue weighted by molar-refractivity contribution is -0.148. The standard InChI is InChI=1S/C8H9NO3/c1-4-2-6(8(11)12)9-5(4)3-7(9)10/h2,4-5H,3H2,1H3,(H,11,12)/t4-,5-/m0/s1. The zero-order valence-corrected chi connectivity index (χ0v) is 6.65. The highest BCUT2D eigenvalue weighted by Crippen LogP contribution is 2.37. The Labute approximate surface area is 69.5 Å². The Kier molecular flexibility index (Phi) is 1.28. The molecule has 1 amide bonds. The lowest BCUT2D eigenvalue weighted by Gasteiger charge is -2.37. The maximum atomic E-state index is 11.0. The quantitative estimate of drug-likeness (QED) is 0.568. The van der Waals surface area contributed by atoms with Gasteiger partial charge in [0.25, 0.3) is 0 Å². The number of rotatable bonds is 1. The van der Waals surface area contributed by atoms with Gasteiger partial charge in [0.15, 0.2) is 0 Å². The van der Waals surface area contributed by atoms with E-state index in [1.807, 2.05) is 6.92 Å². The van der Waals surface area contributed by atoms with Crippen LogP contribution in [0.15, 0.2) is 11.8 Å². The average molecular weight is 167 g/mol. The molecule has 0 aliphatic carbocycles. The van der Waals surface area contributed by atoms with Gasteiger partial charge in [-0.05, 0) is 12.0 Å². The Morgan fingerprint density at radius 1 is 1.75 bits per heavy atom. The molecule has 0 bridgehead atoms. The maximum Gasteiger partial charge on any atom is 0.352 e. The SMILES string of the molecule is C[C@H]1C=C(C(=O)O)N2C(=O)C[C@@H]12. The number of carbonyl (C=O) groups is 2. The van der Waals surface area contributed by atoms with Crippen LogP contribution in [-0.2, 0) is 9.59 Å². The summed E-state index contributed by atoms with van der Waals surface area (Å²) in [4.78, 5) is 23.0. The molecule has 0 radical (unpaired) electrons. The number of amides is 1. The van der Waals surface area contributed by atoms with Crippen molar-refractivity contribution < 1.29 is 14.7 Å². The minimum atomic E-state index is -1.00. The van der Waals surface area contributed by atoms with E-state index in [1.165, 1.54) is 4.90 Å². The number of carboxylic acids is 1. The van der Waals surface area contributed by atoms with Crippen LogP contribution < -0.4 is 0 Å². The van der Waals surface area contributed by atoms with Gasteiger partial charge in [-0.1, -0.05) is 6.92 Å². The summed E-state index contributed by atoms with van der Waals surface area (Å²) in [6, 6.07) is 0.114. The number of hydrogen-bond acceptors (Lipinski definition) is 2. The van der Waals surface area contributed by atoms with Crippen LogP contribution in [0.3, 0.4) is 0 Å². The van der Waals surface area contributed by atoms with Crippen LogP contribution in [0.2, 0.25) is 0 Å². The summed E-state index contributed by atoms with van der Waals surface area (Å²) < 4.78 is 0. The number of aliphatic carboxylic acids is 1. The van der Waals surface area contributed by atoms with E-state index in [0.717, 1.165) is 0 Å². The fourth-order valence-corrected chi connectivity index (χ4v) is 1.79. The fraction of sp³-hybridized carbons (Fsp3) is 0.500. The Balaban J connectivity index is 2.29. The van der Waals surface area contributed by atoms with Gasteiger partial charge in [-0.3, -0.25) is 4.79 Å². The molecule has 1 saturated heterocycles. The molecule has 0 aromatic carbocycles. The molecule has 64 valence electrons. The summed E-state index contributed by atoms with van der Waals surface area (Å²) in [5.74, 6) is -0.885. The van der Waals surface area contributed by atoms with E-state index in [0.29, 0.717) is 6.42 Å². The van der Waals surface area contributed by atoms with E-state index in [2.05, 4.69) is 0 Å². The van der Waals surface area contributed by atoms with Crippen LogP contribution in [0.5, 0.6) is 0 Å². The third-order valence-electron chi connectivity index (χ3n) is 2.49. The van der Waals surface area contributed by atoms with Gasteiger partial charge in [-0.2, -0.15) is 0 Å². The van der Waals surface area contributed by atoms with Crippen molar-refractivity contribution in [1.29, 1.82) is 0 Å². The van der Waals surface area contributed by atoms with Crippen molar-refractivity contribution in [3.05, 3.63) is 11.8 Å². The molecule has 0 saturated carbocycles. The molecule has 2 heterocycles. The molecule has 4 heteroatoms. The van der Waals surface area contributed by atoms with Crippen molar-refractivity contribution in [3.8, 4) is 0 Å². The average Bonchev–Trinajstić information content (AvgIpc) is 2.22. The second-order valence-corrected chi connectivity index (χ2v) is 3.25. The first-order valence-corrected chi connectivity index (χ1v) is 3.88. The molecule has 0 aromatic rings. The Hall–Kier alpha value is -1.32. The lowest BCUT2D eigenvalue weighted by atomic mass is 9.94. The molecule has 0 spiro atoms. The van der Waals surface area contributed by atoms with Crippen molar-refractivity contribution in [2.45, 2.75) is 19.4 Å². The molecule has 0 aromatic heterocycles. The highest BCUT2D eigenvalue weighted by Gasteiger charge is 2.47. The summed E-state index contributed by atoms with van der Waals surface area (Å²) in [6.07, 6.45) is 2.15. The predicted molar refractivity (Wildman–Crippen MR) is 40.1 cm³/mol. The first-order valence-electron chi connectivity index (χ1n) is 3.88. The summed E-state index contributed by atoms with van der Waals surface area (Å²) in [7, 11) is 0. The zero-order chi connectivity index (χ0) is 8.88. The van der Waals surface area contributed by atoms with Gasteiger partial charge in [-0.25, -0.2) is 4.79 Å². The summed E-state index contributed by atoms with van der Waals surface area (Å²) in [5, 5.41) is 8.71. The smallest absolute Gasteiger partial charge is 0.352 e. The molecule has 1 N–H and O–H groups in total. The molecule has 0 unspecified atom stereocenters. The number of β-lactam (4-membered cyclic amide) rings is 1. The van der Waals surface area contributed by atoms with Crippen molar-refractivity contribution in [1.82, 2.24) is 4.90 Å². The van der Waals surface area contributed by atoms with Gasteiger partial charge in [0, 0.05) is 6.42 Å². The summed E-state index contributed by atoms with van der Waals surface area (Å²) in [5.41, 5.74) is 0.156. The molecule has 1 fully saturated rings. The maximum absolute atomic E-state index is 11.0. The minimum Gasteiger partial charge on any atom is -0.477 e. The Morgan fingerprint density at radius 3 is 2.83 bits per heavy atom. The number of nitrogens with zero attached hydrogens (tertiary/aromatic N) is 1. The van der Waals surface area contributed by atoms with Crippen LogP contribution in [-0.4, -0.2) is 27.9 Å². The molecular weight excluding hydrogens is 158 g/mol. The third kappa shape index (κ3) is 0.719. The van der Waals surface area contributed by atoms with Crippen molar-refractivity contribution in [3.63, 3.8) is 0 Å². The molecule has 2 aliphatic rings.